The minimum Gasteiger partial charge on any atom is -0.425 e. The van der Waals surface area contributed by atoms with Gasteiger partial charge in [0.15, 0.2) is 0 Å². The molecule has 1 aliphatic rings. The molecule has 0 radical (unpaired) electrons. The molecule has 0 amide bonds. The van der Waals surface area contributed by atoms with E-state index in [0.717, 1.165) is 5.56 Å². The van der Waals surface area contributed by atoms with Crippen molar-refractivity contribution >= 4 is 7.12 Å². The van der Waals surface area contributed by atoms with Crippen molar-refractivity contribution in [1.82, 2.24) is 0 Å². The molecule has 7 heteroatoms. The van der Waals surface area contributed by atoms with Crippen LogP contribution in [0, 0.1) is 0 Å². The minimum absolute atomic E-state index is 0.279. The monoisotopic (exact) mass is 324 g/mol. The van der Waals surface area contributed by atoms with Gasteiger partial charge in [-0.3, -0.25) is 0 Å². The van der Waals surface area contributed by atoms with E-state index in [1.807, 2.05) is 30.3 Å². The van der Waals surface area contributed by atoms with Crippen molar-refractivity contribution in [3.63, 3.8) is 0 Å². The second-order valence-corrected chi connectivity index (χ2v) is 5.89. The van der Waals surface area contributed by atoms with Crippen molar-refractivity contribution in [1.29, 1.82) is 0 Å². The summed E-state index contributed by atoms with van der Waals surface area (Å²) in [7, 11) is 3.10. The summed E-state index contributed by atoms with van der Waals surface area (Å²) < 4.78 is 22.3. The fraction of sp³-hybridized carbons (Fsp3) is 0.625. The number of benzene rings is 1. The molecular formula is C16H25BO6. The molecule has 23 heavy (non-hydrogen) atoms. The first-order valence-corrected chi connectivity index (χ1v) is 7.68. The predicted molar refractivity (Wildman–Crippen MR) is 86.0 cm³/mol. The lowest BCUT2D eigenvalue weighted by atomic mass is 9.60. The van der Waals surface area contributed by atoms with Gasteiger partial charge >= 0.3 is 7.12 Å². The third kappa shape index (κ3) is 4.12. The second kappa shape index (κ2) is 8.23. The first kappa shape index (κ1) is 18.4. The molecule has 0 saturated carbocycles. The van der Waals surface area contributed by atoms with Crippen molar-refractivity contribution in [2.45, 2.75) is 36.7 Å². The maximum Gasteiger partial charge on any atom is 0.486 e. The van der Waals surface area contributed by atoms with Crippen LogP contribution in [0.25, 0.3) is 0 Å². The Labute approximate surface area is 137 Å². The number of hydrogen-bond acceptors (Lipinski definition) is 6. The Bertz CT molecular complexity index is 471. The highest BCUT2D eigenvalue weighted by Crippen LogP contribution is 2.36. The van der Waals surface area contributed by atoms with Gasteiger partial charge in [-0.25, -0.2) is 0 Å². The van der Waals surface area contributed by atoms with E-state index < -0.39 is 18.7 Å². The van der Waals surface area contributed by atoms with Crippen LogP contribution >= 0.6 is 0 Å². The first-order valence-electron chi connectivity index (χ1n) is 7.68. The van der Waals surface area contributed by atoms with Crippen molar-refractivity contribution in [3.05, 3.63) is 35.9 Å². The topological polar surface area (TPSA) is 77.4 Å². The molecular weight excluding hydrogens is 299 g/mol. The van der Waals surface area contributed by atoms with E-state index in [2.05, 4.69) is 0 Å². The third-order valence-corrected chi connectivity index (χ3v) is 4.39. The lowest BCUT2D eigenvalue weighted by Gasteiger charge is -2.47. The highest BCUT2D eigenvalue weighted by atomic mass is 16.6. The van der Waals surface area contributed by atoms with Gasteiger partial charge in [-0.05, 0) is 5.56 Å². The van der Waals surface area contributed by atoms with Crippen LogP contribution in [-0.2, 0) is 25.4 Å². The van der Waals surface area contributed by atoms with Gasteiger partial charge in [-0.1, -0.05) is 30.3 Å². The fourth-order valence-electron chi connectivity index (χ4n) is 3.24. The molecule has 1 fully saturated rings. The number of hydrogen-bond donors (Lipinski definition) is 2. The third-order valence-electron chi connectivity index (χ3n) is 4.39. The van der Waals surface area contributed by atoms with E-state index in [9.17, 15) is 10.0 Å². The maximum atomic E-state index is 10.0. The SMILES string of the molecule is COCC1O[C@@](Cc2ccccc2)(B(O)O)C[C@@H](OC)C1OC. The van der Waals surface area contributed by atoms with Gasteiger partial charge < -0.3 is 29.0 Å². The Hall–Kier alpha value is -0.955. The Balaban J connectivity index is 2.30. The van der Waals surface area contributed by atoms with E-state index in [4.69, 9.17) is 18.9 Å². The van der Waals surface area contributed by atoms with Crippen molar-refractivity contribution in [3.8, 4) is 0 Å². The van der Waals surface area contributed by atoms with E-state index in [0.29, 0.717) is 12.8 Å². The maximum absolute atomic E-state index is 10.0. The second-order valence-electron chi connectivity index (χ2n) is 5.89. The molecule has 4 atom stereocenters. The van der Waals surface area contributed by atoms with Crippen LogP contribution < -0.4 is 0 Å². The average Bonchev–Trinajstić information content (AvgIpc) is 2.55. The standard InChI is InChI=1S/C16H25BO6/c1-20-11-14-15(22-3)13(21-2)10-16(23-14,17(18)19)9-12-7-5-4-6-8-12/h4-8,13-15,18-19H,9-11H2,1-3H3/t13-,14?,15?,16-/m1/s1. The van der Waals surface area contributed by atoms with Gasteiger partial charge in [0.25, 0.3) is 0 Å². The summed E-state index contributed by atoms with van der Waals surface area (Å²) >= 11 is 0. The number of methoxy groups -OCH3 is 3. The molecule has 1 heterocycles. The summed E-state index contributed by atoms with van der Waals surface area (Å²) in [5.41, 5.74) is -0.206. The van der Waals surface area contributed by atoms with Gasteiger partial charge in [0, 0.05) is 34.2 Å². The van der Waals surface area contributed by atoms with Gasteiger partial charge in [0.2, 0.25) is 0 Å². The Morgan fingerprint density at radius 2 is 1.87 bits per heavy atom. The van der Waals surface area contributed by atoms with Gasteiger partial charge in [0.1, 0.15) is 17.7 Å². The first-order chi connectivity index (χ1) is 11.1. The number of rotatable bonds is 7. The van der Waals surface area contributed by atoms with Gasteiger partial charge in [0.05, 0.1) is 12.7 Å². The van der Waals surface area contributed by atoms with Crippen molar-refractivity contribution in [2.75, 3.05) is 27.9 Å². The van der Waals surface area contributed by atoms with Crippen LogP contribution in [0.15, 0.2) is 30.3 Å². The molecule has 2 N–H and O–H groups in total. The van der Waals surface area contributed by atoms with Crippen molar-refractivity contribution in [2.24, 2.45) is 0 Å². The summed E-state index contributed by atoms with van der Waals surface area (Å²) in [5, 5.41) is 20.1. The number of ether oxygens (including phenoxy) is 4. The molecule has 0 bridgehead atoms. The zero-order valence-corrected chi connectivity index (χ0v) is 13.8. The lowest BCUT2D eigenvalue weighted by Crippen LogP contribution is -2.64. The molecule has 1 saturated heterocycles. The normalized spacial score (nSPS) is 31.1. The Morgan fingerprint density at radius 1 is 1.17 bits per heavy atom. The molecule has 1 aliphatic heterocycles. The van der Waals surface area contributed by atoms with Crippen LogP contribution in [0.2, 0.25) is 0 Å². The van der Waals surface area contributed by atoms with Crippen LogP contribution in [0.5, 0.6) is 0 Å². The molecule has 0 aliphatic carbocycles. The smallest absolute Gasteiger partial charge is 0.425 e. The zero-order chi connectivity index (χ0) is 16.9. The van der Waals surface area contributed by atoms with E-state index in [-0.39, 0.29) is 18.8 Å². The molecule has 2 rings (SSSR count). The quantitative estimate of drug-likeness (QED) is 0.709. The summed E-state index contributed by atoms with van der Waals surface area (Å²) in [4.78, 5) is 0. The highest BCUT2D eigenvalue weighted by molar-refractivity contribution is 6.45. The van der Waals surface area contributed by atoms with Crippen LogP contribution in [-0.4, -0.2) is 68.9 Å². The average molecular weight is 324 g/mol. The zero-order valence-electron chi connectivity index (χ0n) is 13.8. The lowest BCUT2D eigenvalue weighted by molar-refractivity contribution is -0.219. The Kier molecular flexibility index (Phi) is 6.58. The van der Waals surface area contributed by atoms with Crippen LogP contribution in [0.3, 0.4) is 0 Å². The van der Waals surface area contributed by atoms with E-state index in [1.165, 1.54) is 0 Å². The largest absolute Gasteiger partial charge is 0.486 e. The van der Waals surface area contributed by atoms with Crippen LogP contribution in [0.1, 0.15) is 12.0 Å². The van der Waals surface area contributed by atoms with Crippen LogP contribution in [0.4, 0.5) is 0 Å². The summed E-state index contributed by atoms with van der Waals surface area (Å²) in [6, 6.07) is 9.61. The Morgan fingerprint density at radius 3 is 2.39 bits per heavy atom. The molecule has 0 aromatic heterocycles. The minimum atomic E-state index is -1.64. The van der Waals surface area contributed by atoms with E-state index >= 15 is 0 Å². The molecule has 1 aromatic rings. The molecule has 6 nitrogen and oxygen atoms in total. The predicted octanol–water partition coefficient (Wildman–Crippen LogP) is 0.445. The summed E-state index contributed by atoms with van der Waals surface area (Å²) in [6.45, 7) is 0.279. The molecule has 2 unspecified atom stereocenters. The van der Waals surface area contributed by atoms with E-state index in [1.54, 1.807) is 21.3 Å². The summed E-state index contributed by atoms with van der Waals surface area (Å²) in [5.74, 6) is 0. The molecule has 128 valence electrons. The van der Waals surface area contributed by atoms with Gasteiger partial charge in [-0.15, -0.1) is 0 Å². The highest BCUT2D eigenvalue weighted by Gasteiger charge is 2.54. The summed E-state index contributed by atoms with van der Waals surface area (Å²) in [6.07, 6.45) is -0.423. The van der Waals surface area contributed by atoms with Gasteiger partial charge in [-0.2, -0.15) is 0 Å². The molecule has 0 spiro atoms. The molecule has 1 aromatic carbocycles. The van der Waals surface area contributed by atoms with Crippen molar-refractivity contribution < 1.29 is 29.0 Å². The fourth-order valence-corrected chi connectivity index (χ4v) is 3.24.